The summed E-state index contributed by atoms with van der Waals surface area (Å²) in [4.78, 5) is 16.9. The van der Waals surface area contributed by atoms with E-state index in [9.17, 15) is 4.79 Å². The van der Waals surface area contributed by atoms with Crippen molar-refractivity contribution in [2.75, 3.05) is 12.1 Å². The molecule has 26 heavy (non-hydrogen) atoms. The van der Waals surface area contributed by atoms with Gasteiger partial charge in [-0.05, 0) is 36.4 Å². The Morgan fingerprint density at radius 2 is 1.96 bits per heavy atom. The molecule has 0 saturated carbocycles. The lowest BCUT2D eigenvalue weighted by Crippen LogP contribution is -2.11. The number of benzene rings is 2. The van der Waals surface area contributed by atoms with E-state index in [1.807, 2.05) is 23.6 Å². The smallest absolute Gasteiger partial charge is 0.257 e. The third-order valence-electron chi connectivity index (χ3n) is 3.97. The molecule has 0 saturated heterocycles. The predicted octanol–water partition coefficient (Wildman–Crippen LogP) is 3.06. The van der Waals surface area contributed by atoms with Gasteiger partial charge in [0.15, 0.2) is 16.6 Å². The molecule has 1 amide bonds. The molecule has 0 aliphatic carbocycles. The number of nitrogens with zero attached hydrogens (tertiary/aromatic N) is 3. The van der Waals surface area contributed by atoms with Crippen molar-refractivity contribution in [1.29, 1.82) is 0 Å². The van der Waals surface area contributed by atoms with Gasteiger partial charge in [-0.3, -0.25) is 10.1 Å². The molecule has 0 unspecified atom stereocenters. The minimum Gasteiger partial charge on any atom is -0.454 e. The van der Waals surface area contributed by atoms with Crippen LogP contribution in [0.1, 0.15) is 10.4 Å². The Balaban J connectivity index is 1.37. The van der Waals surface area contributed by atoms with Crippen molar-refractivity contribution in [1.82, 2.24) is 20.4 Å². The van der Waals surface area contributed by atoms with Gasteiger partial charge in [-0.1, -0.05) is 0 Å². The molecule has 1 aliphatic heterocycles. The van der Waals surface area contributed by atoms with Crippen molar-refractivity contribution in [3.8, 4) is 22.8 Å². The van der Waals surface area contributed by atoms with Gasteiger partial charge in [-0.2, -0.15) is 15.4 Å². The number of amides is 1. The highest BCUT2D eigenvalue weighted by molar-refractivity contribution is 7.14. The van der Waals surface area contributed by atoms with Crippen molar-refractivity contribution >= 4 is 33.4 Å². The van der Waals surface area contributed by atoms with Crippen LogP contribution >= 0.6 is 11.3 Å². The van der Waals surface area contributed by atoms with Crippen LogP contribution in [0, 0.1) is 0 Å². The van der Waals surface area contributed by atoms with Gasteiger partial charge in [0.2, 0.25) is 6.79 Å². The highest BCUT2D eigenvalue weighted by Crippen LogP contribution is 2.36. The number of ether oxygens (including phenoxy) is 2. The molecule has 3 heterocycles. The summed E-state index contributed by atoms with van der Waals surface area (Å²) in [7, 11) is 0. The second-order valence-electron chi connectivity index (χ2n) is 5.59. The Morgan fingerprint density at radius 3 is 2.92 bits per heavy atom. The van der Waals surface area contributed by atoms with Gasteiger partial charge in [-0.15, -0.1) is 11.3 Å². The molecule has 0 atom stereocenters. The number of fused-ring (bicyclic) bond motifs is 2. The summed E-state index contributed by atoms with van der Waals surface area (Å²) in [6, 6.07) is 10.8. The number of hydrogen-bond donors (Lipinski definition) is 2. The SMILES string of the molecule is O=C(Nc1nc(-c2ccc3c(c2)OCO3)cs1)c1ccc2n[nH]nc2c1. The number of nitrogens with one attached hydrogen (secondary N) is 2. The fourth-order valence-electron chi connectivity index (χ4n) is 2.67. The second-order valence-corrected chi connectivity index (χ2v) is 6.45. The summed E-state index contributed by atoms with van der Waals surface area (Å²) < 4.78 is 10.7. The van der Waals surface area contributed by atoms with Gasteiger partial charge in [0.05, 0.1) is 5.69 Å². The third-order valence-corrected chi connectivity index (χ3v) is 4.73. The van der Waals surface area contributed by atoms with Crippen molar-refractivity contribution < 1.29 is 14.3 Å². The fraction of sp³-hybridized carbons (Fsp3) is 0.0588. The number of aromatic amines is 1. The minimum atomic E-state index is -0.249. The lowest BCUT2D eigenvalue weighted by molar-refractivity contribution is 0.102. The number of rotatable bonds is 3. The van der Waals surface area contributed by atoms with E-state index in [-0.39, 0.29) is 12.7 Å². The summed E-state index contributed by atoms with van der Waals surface area (Å²) in [6.45, 7) is 0.229. The highest BCUT2D eigenvalue weighted by Gasteiger charge is 2.16. The third kappa shape index (κ3) is 2.54. The van der Waals surface area contributed by atoms with E-state index < -0.39 is 0 Å². The molecule has 0 bridgehead atoms. The number of aromatic nitrogens is 4. The molecule has 5 rings (SSSR count). The molecular weight excluding hydrogens is 354 g/mol. The van der Waals surface area contributed by atoms with Gasteiger partial charge in [0.1, 0.15) is 11.0 Å². The largest absolute Gasteiger partial charge is 0.454 e. The zero-order valence-electron chi connectivity index (χ0n) is 13.2. The van der Waals surface area contributed by atoms with Gasteiger partial charge >= 0.3 is 0 Å². The van der Waals surface area contributed by atoms with E-state index in [0.717, 1.165) is 17.0 Å². The van der Waals surface area contributed by atoms with E-state index >= 15 is 0 Å². The lowest BCUT2D eigenvalue weighted by Gasteiger charge is -2.02. The summed E-state index contributed by atoms with van der Waals surface area (Å²) in [5.74, 6) is 1.17. The average molecular weight is 365 g/mol. The van der Waals surface area contributed by atoms with Crippen LogP contribution in [0.5, 0.6) is 11.5 Å². The Morgan fingerprint density at radius 1 is 1.08 bits per heavy atom. The molecule has 4 aromatic rings. The van der Waals surface area contributed by atoms with Crippen molar-refractivity contribution in [2.45, 2.75) is 0 Å². The van der Waals surface area contributed by atoms with Crippen molar-refractivity contribution in [3.05, 3.63) is 47.3 Å². The van der Waals surface area contributed by atoms with E-state index in [1.165, 1.54) is 11.3 Å². The Labute approximate surface area is 150 Å². The van der Waals surface area contributed by atoms with Crippen molar-refractivity contribution in [2.24, 2.45) is 0 Å². The molecule has 9 heteroatoms. The first kappa shape index (κ1) is 14.8. The van der Waals surface area contributed by atoms with Crippen LogP contribution in [0.3, 0.4) is 0 Å². The number of carbonyl (C=O) groups is 1. The van der Waals surface area contributed by atoms with Crippen molar-refractivity contribution in [3.63, 3.8) is 0 Å². The maximum atomic E-state index is 12.4. The summed E-state index contributed by atoms with van der Waals surface area (Å²) in [5.41, 5.74) is 3.50. The molecule has 2 aromatic carbocycles. The summed E-state index contributed by atoms with van der Waals surface area (Å²) in [5, 5.41) is 15.7. The van der Waals surface area contributed by atoms with Crippen LogP contribution in [-0.4, -0.2) is 33.1 Å². The van der Waals surface area contributed by atoms with E-state index in [4.69, 9.17) is 9.47 Å². The molecular formula is C17H11N5O3S. The van der Waals surface area contributed by atoms with Crippen LogP contribution in [0.25, 0.3) is 22.3 Å². The van der Waals surface area contributed by atoms with Gasteiger partial charge in [0, 0.05) is 16.5 Å². The minimum absolute atomic E-state index is 0.229. The normalized spacial score (nSPS) is 12.5. The maximum absolute atomic E-state index is 12.4. The van der Waals surface area contributed by atoms with Crippen LogP contribution in [-0.2, 0) is 0 Å². The Hall–Kier alpha value is -3.46. The lowest BCUT2D eigenvalue weighted by atomic mass is 10.1. The summed E-state index contributed by atoms with van der Waals surface area (Å²) >= 11 is 1.36. The zero-order valence-corrected chi connectivity index (χ0v) is 14.0. The van der Waals surface area contributed by atoms with Gasteiger partial charge < -0.3 is 9.47 Å². The Kier molecular flexibility index (Phi) is 3.32. The van der Waals surface area contributed by atoms with Crippen LogP contribution in [0.2, 0.25) is 0 Å². The first-order valence-electron chi connectivity index (χ1n) is 7.74. The van der Waals surface area contributed by atoms with E-state index in [1.54, 1.807) is 18.2 Å². The van der Waals surface area contributed by atoms with Crippen LogP contribution in [0.15, 0.2) is 41.8 Å². The monoisotopic (exact) mass is 365 g/mol. The molecule has 128 valence electrons. The number of thiazole rings is 1. The fourth-order valence-corrected chi connectivity index (χ4v) is 3.39. The molecule has 0 radical (unpaired) electrons. The quantitative estimate of drug-likeness (QED) is 0.578. The van der Waals surface area contributed by atoms with Crippen LogP contribution < -0.4 is 14.8 Å². The van der Waals surface area contributed by atoms with E-state index in [2.05, 4.69) is 25.7 Å². The molecule has 2 N–H and O–H groups in total. The van der Waals surface area contributed by atoms with E-state index in [0.29, 0.717) is 27.5 Å². The van der Waals surface area contributed by atoms with Gasteiger partial charge in [-0.25, -0.2) is 4.98 Å². The standard InChI is InChI=1S/C17H11N5O3S/c23-16(10-1-3-11-12(5-10)21-22-20-11)19-17-18-13(7-26-17)9-2-4-14-15(6-9)25-8-24-14/h1-7H,8H2,(H,18,19,23)(H,20,21,22). The number of H-pyrrole nitrogens is 1. The topological polar surface area (TPSA) is 102 Å². The summed E-state index contributed by atoms with van der Waals surface area (Å²) in [6.07, 6.45) is 0. The molecule has 0 spiro atoms. The highest BCUT2D eigenvalue weighted by atomic mass is 32.1. The number of carbonyl (C=O) groups excluding carboxylic acids is 1. The first-order valence-corrected chi connectivity index (χ1v) is 8.62. The molecule has 1 aliphatic rings. The average Bonchev–Trinajstić information content (AvgIpc) is 3.40. The first-order chi connectivity index (χ1) is 12.8. The Bertz CT molecular complexity index is 1140. The second kappa shape index (κ2) is 5.81. The maximum Gasteiger partial charge on any atom is 0.257 e. The number of anilines is 1. The van der Waals surface area contributed by atoms with Crippen LogP contribution in [0.4, 0.5) is 5.13 Å². The molecule has 0 fully saturated rings. The molecule has 2 aromatic heterocycles. The van der Waals surface area contributed by atoms with Gasteiger partial charge in [0.25, 0.3) is 5.91 Å². The predicted molar refractivity (Wildman–Crippen MR) is 95.5 cm³/mol. The number of hydrogen-bond acceptors (Lipinski definition) is 7. The zero-order chi connectivity index (χ0) is 17.5. The molecule has 8 nitrogen and oxygen atoms in total.